The summed E-state index contributed by atoms with van der Waals surface area (Å²) in [7, 11) is 2.98. The highest BCUT2D eigenvalue weighted by atomic mass is 16.5. The normalized spacial score (nSPS) is 22.2. The number of benzene rings is 1. The third-order valence-electron chi connectivity index (χ3n) is 2.94. The lowest BCUT2D eigenvalue weighted by atomic mass is 9.85. The van der Waals surface area contributed by atoms with Gasteiger partial charge in [-0.3, -0.25) is 4.79 Å². The molecule has 1 unspecified atom stereocenters. The van der Waals surface area contributed by atoms with Crippen molar-refractivity contribution in [2.24, 2.45) is 0 Å². The third-order valence-corrected chi connectivity index (χ3v) is 2.94. The molecule has 4 heteroatoms. The number of esters is 1. The number of carbonyl (C=O) groups excluding carboxylic acids is 1. The van der Waals surface area contributed by atoms with E-state index in [1.165, 1.54) is 7.11 Å². The second kappa shape index (κ2) is 3.70. The zero-order valence-electron chi connectivity index (χ0n) is 9.57. The molecule has 0 aliphatic carbocycles. The first-order valence-electron chi connectivity index (χ1n) is 5.01. The second-order valence-corrected chi connectivity index (χ2v) is 3.97. The summed E-state index contributed by atoms with van der Waals surface area (Å²) in [4.78, 5) is 11.7. The van der Waals surface area contributed by atoms with Gasteiger partial charge in [-0.1, -0.05) is 6.07 Å². The summed E-state index contributed by atoms with van der Waals surface area (Å²) in [5.74, 6) is 1.12. The summed E-state index contributed by atoms with van der Waals surface area (Å²) in [6.45, 7) is 2.12. The van der Waals surface area contributed by atoms with E-state index in [1.54, 1.807) is 13.2 Å². The predicted molar refractivity (Wildman–Crippen MR) is 57.9 cm³/mol. The molecular formula is C12H14O4. The quantitative estimate of drug-likeness (QED) is 0.712. The number of carbonyl (C=O) groups is 1. The smallest absolute Gasteiger partial charge is 0.319 e. The molecule has 1 aliphatic rings. The summed E-state index contributed by atoms with van der Waals surface area (Å²) < 4.78 is 15.4. The highest BCUT2D eigenvalue weighted by Crippen LogP contribution is 2.41. The molecule has 86 valence electrons. The van der Waals surface area contributed by atoms with Gasteiger partial charge in [0.2, 0.25) is 0 Å². The molecule has 0 fully saturated rings. The summed E-state index contributed by atoms with van der Waals surface area (Å²) in [6, 6.07) is 5.44. The van der Waals surface area contributed by atoms with Crippen molar-refractivity contribution < 1.29 is 19.0 Å². The van der Waals surface area contributed by atoms with Crippen LogP contribution in [-0.2, 0) is 14.9 Å². The van der Waals surface area contributed by atoms with Gasteiger partial charge in [-0.25, -0.2) is 0 Å². The highest BCUT2D eigenvalue weighted by molar-refractivity contribution is 5.85. The van der Waals surface area contributed by atoms with Gasteiger partial charge in [0.25, 0.3) is 0 Å². The first-order chi connectivity index (χ1) is 7.61. The van der Waals surface area contributed by atoms with Crippen molar-refractivity contribution in [1.82, 2.24) is 0 Å². The highest BCUT2D eigenvalue weighted by Gasteiger charge is 2.44. The van der Waals surface area contributed by atoms with Crippen LogP contribution in [-0.4, -0.2) is 26.8 Å². The molecule has 0 saturated carbocycles. The Labute approximate surface area is 94.1 Å². The fourth-order valence-corrected chi connectivity index (χ4v) is 1.90. The van der Waals surface area contributed by atoms with Crippen molar-refractivity contribution in [1.29, 1.82) is 0 Å². The molecule has 1 aliphatic heterocycles. The van der Waals surface area contributed by atoms with Crippen molar-refractivity contribution in [2.75, 3.05) is 20.8 Å². The van der Waals surface area contributed by atoms with Gasteiger partial charge in [-0.15, -0.1) is 0 Å². The Kier molecular flexibility index (Phi) is 2.50. The summed E-state index contributed by atoms with van der Waals surface area (Å²) in [6.07, 6.45) is 0. The molecule has 2 rings (SSSR count). The van der Waals surface area contributed by atoms with E-state index in [9.17, 15) is 4.79 Å². The Bertz CT molecular complexity index is 427. The average molecular weight is 222 g/mol. The van der Waals surface area contributed by atoms with Gasteiger partial charge >= 0.3 is 5.97 Å². The van der Waals surface area contributed by atoms with Crippen LogP contribution in [0.15, 0.2) is 18.2 Å². The summed E-state index contributed by atoms with van der Waals surface area (Å²) >= 11 is 0. The molecule has 0 radical (unpaired) electrons. The molecule has 0 aromatic heterocycles. The summed E-state index contributed by atoms with van der Waals surface area (Å²) in [5.41, 5.74) is 0.135. The fraction of sp³-hybridized carbons (Fsp3) is 0.417. The lowest BCUT2D eigenvalue weighted by Gasteiger charge is -2.18. The van der Waals surface area contributed by atoms with Crippen molar-refractivity contribution in [3.05, 3.63) is 23.8 Å². The van der Waals surface area contributed by atoms with E-state index in [0.717, 1.165) is 5.56 Å². The Balaban J connectivity index is 2.44. The van der Waals surface area contributed by atoms with E-state index in [1.807, 2.05) is 19.1 Å². The Morgan fingerprint density at radius 1 is 1.44 bits per heavy atom. The molecule has 0 N–H and O–H groups in total. The van der Waals surface area contributed by atoms with Crippen molar-refractivity contribution >= 4 is 5.97 Å². The molecule has 0 spiro atoms. The zero-order valence-corrected chi connectivity index (χ0v) is 9.57. The van der Waals surface area contributed by atoms with Gasteiger partial charge in [-0.2, -0.15) is 0 Å². The maximum Gasteiger partial charge on any atom is 0.319 e. The van der Waals surface area contributed by atoms with Crippen LogP contribution >= 0.6 is 0 Å². The predicted octanol–water partition coefficient (Wildman–Crippen LogP) is 1.52. The minimum Gasteiger partial charge on any atom is -0.497 e. The maximum atomic E-state index is 11.7. The zero-order chi connectivity index (χ0) is 11.8. The molecule has 0 amide bonds. The van der Waals surface area contributed by atoms with Gasteiger partial charge in [0.15, 0.2) is 0 Å². The average Bonchev–Trinajstić information content (AvgIpc) is 2.66. The number of fused-ring (bicyclic) bond motifs is 1. The number of hydrogen-bond acceptors (Lipinski definition) is 4. The SMILES string of the molecule is COC(=O)C1(C)COc2cc(OC)ccc21. The maximum absolute atomic E-state index is 11.7. The first kappa shape index (κ1) is 10.8. The largest absolute Gasteiger partial charge is 0.497 e. The van der Waals surface area contributed by atoms with Crippen LogP contribution in [0.5, 0.6) is 11.5 Å². The van der Waals surface area contributed by atoms with Crippen molar-refractivity contribution in [3.63, 3.8) is 0 Å². The van der Waals surface area contributed by atoms with Gasteiger partial charge in [0.05, 0.1) is 14.2 Å². The lowest BCUT2D eigenvalue weighted by Crippen LogP contribution is -2.35. The van der Waals surface area contributed by atoms with Crippen LogP contribution in [0.3, 0.4) is 0 Å². The minimum absolute atomic E-state index is 0.281. The lowest BCUT2D eigenvalue weighted by molar-refractivity contribution is -0.147. The van der Waals surface area contributed by atoms with Gasteiger partial charge in [0.1, 0.15) is 23.5 Å². The standard InChI is InChI=1S/C12H14O4/c1-12(11(13)15-3)7-16-10-6-8(14-2)4-5-9(10)12/h4-6H,7H2,1-3H3. The van der Waals surface area contributed by atoms with E-state index in [4.69, 9.17) is 14.2 Å². The molecule has 1 atom stereocenters. The molecule has 0 saturated heterocycles. The van der Waals surface area contributed by atoms with Gasteiger partial charge in [-0.05, 0) is 13.0 Å². The Morgan fingerprint density at radius 2 is 2.19 bits per heavy atom. The van der Waals surface area contributed by atoms with E-state index in [-0.39, 0.29) is 5.97 Å². The number of methoxy groups -OCH3 is 2. The van der Waals surface area contributed by atoms with Crippen LogP contribution in [0.25, 0.3) is 0 Å². The van der Waals surface area contributed by atoms with Crippen molar-refractivity contribution in [3.8, 4) is 11.5 Å². The first-order valence-corrected chi connectivity index (χ1v) is 5.01. The third kappa shape index (κ3) is 1.41. The molecular weight excluding hydrogens is 208 g/mol. The van der Waals surface area contributed by atoms with E-state index in [2.05, 4.69) is 0 Å². The van der Waals surface area contributed by atoms with Crippen LogP contribution in [0.4, 0.5) is 0 Å². The van der Waals surface area contributed by atoms with E-state index in [0.29, 0.717) is 18.1 Å². The molecule has 4 nitrogen and oxygen atoms in total. The molecule has 1 heterocycles. The Hall–Kier alpha value is -1.71. The minimum atomic E-state index is -0.712. The van der Waals surface area contributed by atoms with E-state index < -0.39 is 5.41 Å². The van der Waals surface area contributed by atoms with Crippen LogP contribution in [0.2, 0.25) is 0 Å². The number of rotatable bonds is 2. The molecule has 1 aromatic carbocycles. The van der Waals surface area contributed by atoms with Crippen LogP contribution in [0, 0.1) is 0 Å². The molecule has 16 heavy (non-hydrogen) atoms. The van der Waals surface area contributed by atoms with E-state index >= 15 is 0 Å². The number of ether oxygens (including phenoxy) is 3. The number of hydrogen-bond donors (Lipinski definition) is 0. The topological polar surface area (TPSA) is 44.8 Å². The molecule has 0 bridgehead atoms. The van der Waals surface area contributed by atoms with Crippen molar-refractivity contribution in [2.45, 2.75) is 12.3 Å². The van der Waals surface area contributed by atoms with Gasteiger partial charge in [0, 0.05) is 11.6 Å². The monoisotopic (exact) mass is 222 g/mol. The van der Waals surface area contributed by atoms with Gasteiger partial charge < -0.3 is 14.2 Å². The Morgan fingerprint density at radius 3 is 2.81 bits per heavy atom. The molecule has 1 aromatic rings. The fourth-order valence-electron chi connectivity index (χ4n) is 1.90. The second-order valence-electron chi connectivity index (χ2n) is 3.97. The van der Waals surface area contributed by atoms with Crippen LogP contribution in [0.1, 0.15) is 12.5 Å². The van der Waals surface area contributed by atoms with Crippen LogP contribution < -0.4 is 9.47 Å². The summed E-state index contributed by atoms with van der Waals surface area (Å²) in [5, 5.41) is 0.